The molecule has 2 nitrogen and oxygen atoms in total. The molecule has 0 aromatic rings. The van der Waals surface area contributed by atoms with Gasteiger partial charge in [0.15, 0.2) is 0 Å². The average Bonchev–Trinajstić information content (AvgIpc) is 2.43. The predicted octanol–water partition coefficient (Wildman–Crippen LogP) is 3.70. The molecule has 0 saturated carbocycles. The Balaban J connectivity index is 2.94. The van der Waals surface area contributed by atoms with E-state index in [0.717, 1.165) is 5.47 Å². The van der Waals surface area contributed by atoms with Gasteiger partial charge < -0.3 is 9.31 Å². The Hall–Kier alpha value is -0.795. The topological polar surface area (TPSA) is 18.5 Å². The summed E-state index contributed by atoms with van der Waals surface area (Å²) in [6.07, 6.45) is 10.1. The van der Waals surface area contributed by atoms with Gasteiger partial charge in [0.25, 0.3) is 0 Å². The maximum absolute atomic E-state index is 6.00. The minimum Gasteiger partial charge on any atom is -0.399 e. The van der Waals surface area contributed by atoms with Crippen LogP contribution in [0.15, 0.2) is 35.9 Å². The molecule has 1 rings (SSSR count). The van der Waals surface area contributed by atoms with Crippen LogP contribution in [0, 0.1) is 0 Å². The van der Waals surface area contributed by atoms with E-state index in [1.165, 1.54) is 0 Å². The van der Waals surface area contributed by atoms with Crippen molar-refractivity contribution in [1.82, 2.24) is 0 Å². The molecule has 0 aliphatic carbocycles. The molecular weight excluding hydrogens is 211 g/mol. The zero-order valence-electron chi connectivity index (χ0n) is 11.8. The first kappa shape index (κ1) is 14.3. The minimum absolute atomic E-state index is 0.283. The fourth-order valence-corrected chi connectivity index (χ4v) is 1.59. The summed E-state index contributed by atoms with van der Waals surface area (Å²) in [5.41, 5.74) is 0.479. The third kappa shape index (κ3) is 3.11. The van der Waals surface area contributed by atoms with Crippen LogP contribution in [0.1, 0.15) is 41.5 Å². The second-order valence-corrected chi connectivity index (χ2v) is 5.28. The van der Waals surface area contributed by atoms with Crippen LogP contribution in [0.25, 0.3) is 0 Å². The SMILES string of the molecule is C\C=C/C=C(\C=C/C)B1OC(C)(C)C(C)(C)O1. The van der Waals surface area contributed by atoms with Gasteiger partial charge in [-0.25, -0.2) is 0 Å². The molecule has 1 heterocycles. The van der Waals surface area contributed by atoms with Crippen LogP contribution >= 0.6 is 0 Å². The smallest absolute Gasteiger partial charge is 0.399 e. The summed E-state index contributed by atoms with van der Waals surface area (Å²) in [4.78, 5) is 0. The Bertz CT molecular complexity index is 335. The number of rotatable bonds is 3. The monoisotopic (exact) mass is 234 g/mol. The van der Waals surface area contributed by atoms with E-state index < -0.39 is 0 Å². The fourth-order valence-electron chi connectivity index (χ4n) is 1.59. The Morgan fingerprint density at radius 2 is 1.47 bits per heavy atom. The summed E-state index contributed by atoms with van der Waals surface area (Å²) in [6, 6.07) is 0. The summed E-state index contributed by atoms with van der Waals surface area (Å²) in [7, 11) is -0.285. The van der Waals surface area contributed by atoms with E-state index in [1.807, 2.05) is 44.2 Å². The van der Waals surface area contributed by atoms with Gasteiger partial charge in [0.05, 0.1) is 11.2 Å². The number of hydrogen-bond donors (Lipinski definition) is 0. The van der Waals surface area contributed by atoms with Crippen molar-refractivity contribution >= 4 is 7.12 Å². The van der Waals surface area contributed by atoms with E-state index in [9.17, 15) is 0 Å². The molecule has 0 atom stereocenters. The summed E-state index contributed by atoms with van der Waals surface area (Å²) in [5, 5.41) is 0. The molecule has 0 aromatic heterocycles. The quantitative estimate of drug-likeness (QED) is 0.547. The molecule has 0 N–H and O–H groups in total. The third-order valence-electron chi connectivity index (χ3n) is 3.37. The standard InChI is InChI=1S/C14H23BO2/c1-7-9-11-12(10-8-2)15-16-13(3,4)14(5,6)17-15/h7-11H,1-6H3/b9-7-,10-8-,12-11+. The molecule has 1 aliphatic rings. The molecular formula is C14H23BO2. The molecule has 0 radical (unpaired) electrons. The lowest BCUT2D eigenvalue weighted by atomic mass is 9.77. The Morgan fingerprint density at radius 3 is 1.88 bits per heavy atom. The van der Waals surface area contributed by atoms with Crippen LogP contribution < -0.4 is 0 Å². The minimum atomic E-state index is -0.285. The second kappa shape index (κ2) is 5.24. The van der Waals surface area contributed by atoms with Crippen molar-refractivity contribution in [2.24, 2.45) is 0 Å². The summed E-state index contributed by atoms with van der Waals surface area (Å²) >= 11 is 0. The van der Waals surface area contributed by atoms with Gasteiger partial charge in [-0.1, -0.05) is 30.4 Å². The highest BCUT2D eigenvalue weighted by Crippen LogP contribution is 2.38. The highest BCUT2D eigenvalue weighted by Gasteiger charge is 2.51. The first-order valence-electron chi connectivity index (χ1n) is 6.15. The largest absolute Gasteiger partial charge is 0.494 e. The van der Waals surface area contributed by atoms with Gasteiger partial charge in [-0.3, -0.25) is 0 Å². The number of allylic oxidation sites excluding steroid dienone is 6. The molecule has 0 spiro atoms. The molecule has 1 fully saturated rings. The van der Waals surface area contributed by atoms with Crippen molar-refractivity contribution in [1.29, 1.82) is 0 Å². The highest BCUT2D eigenvalue weighted by molar-refractivity contribution is 6.55. The highest BCUT2D eigenvalue weighted by atomic mass is 16.7. The van der Waals surface area contributed by atoms with Crippen LogP contribution in [0.4, 0.5) is 0 Å². The van der Waals surface area contributed by atoms with Crippen LogP contribution in [0.5, 0.6) is 0 Å². The predicted molar refractivity (Wildman–Crippen MR) is 73.8 cm³/mol. The fraction of sp³-hybridized carbons (Fsp3) is 0.571. The Kier molecular flexibility index (Phi) is 4.39. The summed E-state index contributed by atoms with van der Waals surface area (Å²) < 4.78 is 12.0. The molecule has 3 heteroatoms. The lowest BCUT2D eigenvalue weighted by Gasteiger charge is -2.32. The van der Waals surface area contributed by atoms with Gasteiger partial charge in [-0.15, -0.1) is 0 Å². The maximum Gasteiger partial charge on any atom is 0.494 e. The molecule has 94 valence electrons. The van der Waals surface area contributed by atoms with E-state index in [-0.39, 0.29) is 18.3 Å². The van der Waals surface area contributed by atoms with Crippen LogP contribution in [0.3, 0.4) is 0 Å². The van der Waals surface area contributed by atoms with Gasteiger partial charge >= 0.3 is 7.12 Å². The van der Waals surface area contributed by atoms with Gasteiger partial charge in [0.2, 0.25) is 0 Å². The first-order chi connectivity index (χ1) is 7.84. The van der Waals surface area contributed by atoms with Crippen LogP contribution in [-0.2, 0) is 9.31 Å². The number of hydrogen-bond acceptors (Lipinski definition) is 2. The van der Waals surface area contributed by atoms with Crippen molar-refractivity contribution in [3.63, 3.8) is 0 Å². The normalized spacial score (nSPS) is 24.1. The van der Waals surface area contributed by atoms with E-state index in [2.05, 4.69) is 27.7 Å². The first-order valence-corrected chi connectivity index (χ1v) is 6.15. The molecule has 1 saturated heterocycles. The molecule has 1 aliphatic heterocycles. The Morgan fingerprint density at radius 1 is 0.941 bits per heavy atom. The molecule has 0 aromatic carbocycles. The van der Waals surface area contributed by atoms with Crippen molar-refractivity contribution in [2.45, 2.75) is 52.7 Å². The zero-order valence-corrected chi connectivity index (χ0v) is 11.8. The maximum atomic E-state index is 6.00. The third-order valence-corrected chi connectivity index (χ3v) is 3.37. The molecule has 17 heavy (non-hydrogen) atoms. The summed E-state index contributed by atoms with van der Waals surface area (Å²) in [6.45, 7) is 12.3. The van der Waals surface area contributed by atoms with Gasteiger partial charge in [-0.2, -0.15) is 0 Å². The second-order valence-electron chi connectivity index (χ2n) is 5.28. The van der Waals surface area contributed by atoms with E-state index in [0.29, 0.717) is 0 Å². The lowest BCUT2D eigenvalue weighted by molar-refractivity contribution is 0.00578. The molecule has 0 bridgehead atoms. The molecule has 0 unspecified atom stereocenters. The van der Waals surface area contributed by atoms with Gasteiger partial charge in [0.1, 0.15) is 0 Å². The zero-order chi connectivity index (χ0) is 13.1. The van der Waals surface area contributed by atoms with Crippen LogP contribution in [0.2, 0.25) is 0 Å². The van der Waals surface area contributed by atoms with Gasteiger partial charge in [-0.05, 0) is 47.0 Å². The summed E-state index contributed by atoms with van der Waals surface area (Å²) in [5.74, 6) is 0. The van der Waals surface area contributed by atoms with E-state index >= 15 is 0 Å². The van der Waals surface area contributed by atoms with E-state index in [1.54, 1.807) is 0 Å². The van der Waals surface area contributed by atoms with Crippen molar-refractivity contribution in [3.8, 4) is 0 Å². The molecule has 0 amide bonds. The van der Waals surface area contributed by atoms with E-state index in [4.69, 9.17) is 9.31 Å². The van der Waals surface area contributed by atoms with Crippen molar-refractivity contribution < 1.29 is 9.31 Å². The van der Waals surface area contributed by atoms with Crippen molar-refractivity contribution in [3.05, 3.63) is 35.9 Å². The average molecular weight is 234 g/mol. The van der Waals surface area contributed by atoms with Crippen molar-refractivity contribution in [2.75, 3.05) is 0 Å². The lowest BCUT2D eigenvalue weighted by Crippen LogP contribution is -2.41. The van der Waals surface area contributed by atoms with Crippen LogP contribution in [-0.4, -0.2) is 18.3 Å². The van der Waals surface area contributed by atoms with Gasteiger partial charge in [0, 0.05) is 0 Å². The Labute approximate surface area is 106 Å².